The van der Waals surface area contributed by atoms with Gasteiger partial charge in [-0.1, -0.05) is 26.0 Å². The molecule has 0 aromatic heterocycles. The molecule has 0 aliphatic rings. The van der Waals surface area contributed by atoms with Gasteiger partial charge in [-0.05, 0) is 19.9 Å². The van der Waals surface area contributed by atoms with Crippen molar-refractivity contribution in [3.63, 3.8) is 0 Å². The van der Waals surface area contributed by atoms with E-state index in [9.17, 15) is 13.9 Å². The highest BCUT2D eigenvalue weighted by molar-refractivity contribution is 14.0. The number of rotatable bonds is 10. The summed E-state index contributed by atoms with van der Waals surface area (Å²) in [5.74, 6) is 0.790. The second-order valence-corrected chi connectivity index (χ2v) is 6.43. The summed E-state index contributed by atoms with van der Waals surface area (Å²) in [7, 11) is 0. The molecule has 9 heteroatoms. The van der Waals surface area contributed by atoms with Gasteiger partial charge in [0.2, 0.25) is 0 Å². The minimum Gasteiger partial charge on any atom is -0.490 e. The molecule has 1 rings (SSSR count). The molecule has 3 N–H and O–H groups in total. The summed E-state index contributed by atoms with van der Waals surface area (Å²) >= 11 is 0. The highest BCUT2D eigenvalue weighted by Crippen LogP contribution is 2.33. The third-order valence-corrected chi connectivity index (χ3v) is 3.48. The van der Waals surface area contributed by atoms with Crippen LogP contribution in [0.2, 0.25) is 0 Å². The topological polar surface area (TPSA) is 75.1 Å². The van der Waals surface area contributed by atoms with Crippen molar-refractivity contribution in [2.45, 2.75) is 40.9 Å². The van der Waals surface area contributed by atoms with Gasteiger partial charge < -0.3 is 25.2 Å². The Kier molecular flexibility index (Phi) is 12.3. The second kappa shape index (κ2) is 12.9. The fourth-order valence-corrected chi connectivity index (χ4v) is 2.06. The molecule has 6 nitrogen and oxygen atoms in total. The van der Waals surface area contributed by atoms with Crippen molar-refractivity contribution in [2.24, 2.45) is 10.4 Å². The number of aliphatic imine (C=N–C) groups is 1. The number of hydrogen-bond donors (Lipinski definition) is 3. The largest absolute Gasteiger partial charge is 0.490 e. The van der Waals surface area contributed by atoms with Crippen molar-refractivity contribution in [1.82, 2.24) is 10.6 Å². The number of hydrogen-bond acceptors (Lipinski definition) is 4. The minimum absolute atomic E-state index is 0. The zero-order chi connectivity index (χ0) is 19.6. The lowest BCUT2D eigenvalue weighted by Crippen LogP contribution is -2.43. The smallest absolute Gasteiger partial charge is 0.387 e. The first-order chi connectivity index (χ1) is 12.3. The number of aliphatic hydroxyl groups excluding tert-OH is 1. The molecule has 0 radical (unpaired) electrons. The molecule has 0 spiro atoms. The summed E-state index contributed by atoms with van der Waals surface area (Å²) in [4.78, 5) is 4.42. The van der Waals surface area contributed by atoms with Crippen LogP contribution in [0.4, 0.5) is 8.78 Å². The van der Waals surface area contributed by atoms with Gasteiger partial charge in [0.15, 0.2) is 17.5 Å². The normalized spacial score (nSPS) is 11.8. The number of nitrogens with one attached hydrogen (secondary N) is 2. The fraction of sp³-hybridized carbons (Fsp3) is 0.611. The Hall–Kier alpha value is -1.36. The van der Waals surface area contributed by atoms with Gasteiger partial charge in [-0.15, -0.1) is 24.0 Å². The first-order valence-electron chi connectivity index (χ1n) is 8.65. The lowest BCUT2D eigenvalue weighted by molar-refractivity contribution is -0.0520. The molecule has 0 aliphatic heterocycles. The lowest BCUT2D eigenvalue weighted by atomic mass is 9.95. The fourth-order valence-electron chi connectivity index (χ4n) is 2.06. The molecule has 156 valence electrons. The Morgan fingerprint density at radius 1 is 1.26 bits per heavy atom. The van der Waals surface area contributed by atoms with Crippen LogP contribution >= 0.6 is 24.0 Å². The van der Waals surface area contributed by atoms with E-state index in [-0.39, 0.29) is 54.0 Å². The molecule has 0 saturated carbocycles. The van der Waals surface area contributed by atoms with Crippen molar-refractivity contribution in [3.8, 4) is 11.5 Å². The van der Waals surface area contributed by atoms with Gasteiger partial charge in [-0.25, -0.2) is 4.99 Å². The minimum atomic E-state index is -2.95. The summed E-state index contributed by atoms with van der Waals surface area (Å²) in [6.45, 7) is 6.25. The Bertz CT molecular complexity index is 587. The highest BCUT2D eigenvalue weighted by atomic mass is 127. The van der Waals surface area contributed by atoms with Crippen LogP contribution < -0.4 is 20.1 Å². The zero-order valence-electron chi connectivity index (χ0n) is 16.2. The number of para-hydroxylation sites is 1. The third kappa shape index (κ3) is 9.41. The van der Waals surface area contributed by atoms with Crippen molar-refractivity contribution in [2.75, 3.05) is 26.3 Å². The van der Waals surface area contributed by atoms with E-state index < -0.39 is 6.61 Å². The van der Waals surface area contributed by atoms with Gasteiger partial charge in [-0.3, -0.25) is 0 Å². The van der Waals surface area contributed by atoms with Gasteiger partial charge in [-0.2, -0.15) is 8.78 Å². The predicted octanol–water partition coefficient (Wildman–Crippen LogP) is 3.38. The molecule has 1 aromatic carbocycles. The van der Waals surface area contributed by atoms with Crippen LogP contribution in [-0.2, 0) is 6.54 Å². The molecular formula is C18H30F2IN3O3. The number of benzene rings is 1. The second-order valence-electron chi connectivity index (χ2n) is 6.43. The van der Waals surface area contributed by atoms with E-state index in [1.54, 1.807) is 25.1 Å². The molecule has 0 aliphatic carbocycles. The summed E-state index contributed by atoms with van der Waals surface area (Å²) in [6, 6.07) is 4.97. The van der Waals surface area contributed by atoms with Crippen LogP contribution in [-0.4, -0.2) is 44.0 Å². The van der Waals surface area contributed by atoms with Crippen molar-refractivity contribution in [3.05, 3.63) is 23.8 Å². The molecule has 1 aromatic rings. The Labute approximate surface area is 176 Å². The van der Waals surface area contributed by atoms with Crippen LogP contribution in [0.1, 0.15) is 33.3 Å². The first-order valence-corrected chi connectivity index (χ1v) is 8.65. The van der Waals surface area contributed by atoms with E-state index in [1.807, 2.05) is 20.8 Å². The van der Waals surface area contributed by atoms with Crippen LogP contribution in [0.15, 0.2) is 23.2 Å². The maximum absolute atomic E-state index is 12.8. The SMILES string of the molecule is CCNC(=NCc1cccc(OCC)c1OC(F)F)NCC(C)(C)CO.I. The number of halogens is 3. The molecule has 0 heterocycles. The van der Waals surface area contributed by atoms with E-state index in [1.165, 1.54) is 0 Å². The molecule has 0 unspecified atom stereocenters. The van der Waals surface area contributed by atoms with E-state index in [0.717, 1.165) is 0 Å². The molecule has 27 heavy (non-hydrogen) atoms. The number of ether oxygens (including phenoxy) is 2. The molecule has 0 fully saturated rings. The van der Waals surface area contributed by atoms with Gasteiger partial charge in [0, 0.05) is 30.7 Å². The quantitative estimate of drug-likeness (QED) is 0.261. The average molecular weight is 501 g/mol. The van der Waals surface area contributed by atoms with Crippen LogP contribution in [0, 0.1) is 5.41 Å². The third-order valence-electron chi connectivity index (χ3n) is 3.48. The summed E-state index contributed by atoms with van der Waals surface area (Å²) in [5.41, 5.74) is 0.185. The molecular weight excluding hydrogens is 471 g/mol. The van der Waals surface area contributed by atoms with Gasteiger partial charge in [0.1, 0.15) is 0 Å². The predicted molar refractivity (Wildman–Crippen MR) is 113 cm³/mol. The van der Waals surface area contributed by atoms with Gasteiger partial charge >= 0.3 is 6.61 Å². The Balaban J connectivity index is 0.00000676. The monoisotopic (exact) mass is 501 g/mol. The maximum Gasteiger partial charge on any atom is 0.387 e. The number of guanidine groups is 1. The maximum atomic E-state index is 12.8. The van der Waals surface area contributed by atoms with Crippen LogP contribution in [0.25, 0.3) is 0 Å². The van der Waals surface area contributed by atoms with Crippen LogP contribution in [0.3, 0.4) is 0 Å². The van der Waals surface area contributed by atoms with Gasteiger partial charge in [0.05, 0.1) is 13.2 Å². The van der Waals surface area contributed by atoms with Crippen molar-refractivity contribution >= 4 is 29.9 Å². The molecule has 0 saturated heterocycles. The number of alkyl halides is 2. The lowest BCUT2D eigenvalue weighted by Gasteiger charge is -2.23. The molecule has 0 atom stereocenters. The Morgan fingerprint density at radius 3 is 2.52 bits per heavy atom. The standard InChI is InChI=1S/C18H29F2N3O3.HI/c1-5-21-17(23-11-18(3,4)12-24)22-10-13-8-7-9-14(25-6-2)15(13)26-16(19)20;/h7-9,16,24H,5-6,10-12H2,1-4H3,(H2,21,22,23);1H. The Morgan fingerprint density at radius 2 is 1.96 bits per heavy atom. The summed E-state index contributed by atoms with van der Waals surface area (Å²) in [6.07, 6.45) is 0. The summed E-state index contributed by atoms with van der Waals surface area (Å²) in [5, 5.41) is 15.6. The van der Waals surface area contributed by atoms with E-state index >= 15 is 0 Å². The first kappa shape index (κ1) is 25.6. The number of nitrogens with zero attached hydrogens (tertiary/aromatic N) is 1. The average Bonchev–Trinajstić information content (AvgIpc) is 2.59. The zero-order valence-corrected chi connectivity index (χ0v) is 18.6. The van der Waals surface area contributed by atoms with Crippen molar-refractivity contribution < 1.29 is 23.4 Å². The van der Waals surface area contributed by atoms with Crippen LogP contribution in [0.5, 0.6) is 11.5 Å². The summed E-state index contributed by atoms with van der Waals surface area (Å²) < 4.78 is 35.6. The molecule has 0 bridgehead atoms. The van der Waals surface area contributed by atoms with E-state index in [2.05, 4.69) is 20.4 Å². The highest BCUT2D eigenvalue weighted by Gasteiger charge is 2.18. The number of aliphatic hydroxyl groups is 1. The van der Waals surface area contributed by atoms with E-state index in [0.29, 0.717) is 31.2 Å². The van der Waals surface area contributed by atoms with E-state index in [4.69, 9.17) is 4.74 Å². The van der Waals surface area contributed by atoms with Gasteiger partial charge in [0.25, 0.3) is 0 Å². The van der Waals surface area contributed by atoms with Crippen molar-refractivity contribution in [1.29, 1.82) is 0 Å². The molecule has 0 amide bonds.